The summed E-state index contributed by atoms with van der Waals surface area (Å²) in [6, 6.07) is -0.643. The summed E-state index contributed by atoms with van der Waals surface area (Å²) in [5, 5.41) is 6.04. The molecule has 2 aliphatic rings. The molecule has 1 aromatic rings. The monoisotopic (exact) mass is 489 g/mol. The summed E-state index contributed by atoms with van der Waals surface area (Å²) in [4.78, 5) is 36.0. The second-order valence-electron chi connectivity index (χ2n) is 11.7. The van der Waals surface area contributed by atoms with E-state index in [0.717, 1.165) is 11.9 Å². The Balaban J connectivity index is 1.55. The van der Waals surface area contributed by atoms with E-state index in [4.69, 9.17) is 14.0 Å². The number of amides is 2. The zero-order valence-corrected chi connectivity index (χ0v) is 22.5. The predicted molar refractivity (Wildman–Crippen MR) is 134 cm³/mol. The molecule has 1 unspecified atom stereocenters. The minimum Gasteiger partial charge on any atom is -0.444 e. The van der Waals surface area contributed by atoms with E-state index in [9.17, 15) is 9.59 Å². The van der Waals surface area contributed by atoms with Crippen LogP contribution in [0.3, 0.4) is 0 Å². The number of hydrogen-bond acceptors (Lipinski definition) is 8. The van der Waals surface area contributed by atoms with Gasteiger partial charge in [-0.3, -0.25) is 4.79 Å². The van der Waals surface area contributed by atoms with Crippen molar-refractivity contribution in [3.63, 3.8) is 0 Å². The smallest absolute Gasteiger partial charge is 0.444 e. The van der Waals surface area contributed by atoms with Crippen molar-refractivity contribution in [2.24, 2.45) is 5.92 Å². The molecule has 0 saturated carbocycles. The summed E-state index contributed by atoms with van der Waals surface area (Å²) >= 11 is 0. The van der Waals surface area contributed by atoms with Crippen molar-refractivity contribution < 1.29 is 23.6 Å². The number of alkyl carbamates (subject to hydrolysis) is 1. The summed E-state index contributed by atoms with van der Waals surface area (Å²) in [6.45, 7) is 18.3. The lowest BCUT2D eigenvalue weighted by molar-refractivity contribution is -0.133. The van der Waals surface area contributed by atoms with Gasteiger partial charge in [-0.2, -0.15) is 0 Å². The van der Waals surface area contributed by atoms with Crippen molar-refractivity contribution in [1.82, 2.24) is 20.2 Å². The van der Waals surface area contributed by atoms with Crippen molar-refractivity contribution in [2.75, 3.05) is 18.4 Å². The lowest BCUT2D eigenvalue weighted by atomic mass is 9.81. The second kappa shape index (κ2) is 9.93. The molecule has 194 valence electrons. The van der Waals surface area contributed by atoms with Gasteiger partial charge in [-0.15, -0.1) is 0 Å². The van der Waals surface area contributed by atoms with Crippen LogP contribution in [0, 0.1) is 5.92 Å². The number of carbonyl (C=O) groups excluding carboxylic acids is 2. The van der Waals surface area contributed by atoms with Crippen LogP contribution in [0.2, 0.25) is 0 Å². The van der Waals surface area contributed by atoms with Gasteiger partial charge < -0.3 is 29.6 Å². The second-order valence-corrected chi connectivity index (χ2v) is 11.7. The molecule has 0 aliphatic carbocycles. The predicted octanol–water partition coefficient (Wildman–Crippen LogP) is 2.34. The van der Waals surface area contributed by atoms with Gasteiger partial charge >= 0.3 is 13.2 Å². The Morgan fingerprint density at radius 3 is 2.23 bits per heavy atom. The van der Waals surface area contributed by atoms with Gasteiger partial charge in [0.25, 0.3) is 0 Å². The molecule has 11 heteroatoms. The Bertz CT molecular complexity index is 900. The molecule has 1 aromatic heterocycles. The van der Waals surface area contributed by atoms with Crippen molar-refractivity contribution in [3.8, 4) is 0 Å². The first-order valence-corrected chi connectivity index (χ1v) is 12.3. The summed E-state index contributed by atoms with van der Waals surface area (Å²) < 4.78 is 17.4. The molecule has 0 radical (unpaired) electrons. The number of likely N-dealkylation sites (tertiary alicyclic amines) is 1. The number of ether oxygens (including phenoxy) is 1. The van der Waals surface area contributed by atoms with Crippen LogP contribution >= 0.6 is 0 Å². The van der Waals surface area contributed by atoms with Gasteiger partial charge in [-0.1, -0.05) is 13.8 Å². The van der Waals surface area contributed by atoms with Crippen LogP contribution < -0.4 is 16.1 Å². The first kappa shape index (κ1) is 27.2. The maximum atomic E-state index is 13.2. The molecule has 3 heterocycles. The number of carbonyl (C=O) groups is 2. The quantitative estimate of drug-likeness (QED) is 0.586. The maximum Gasteiger partial charge on any atom is 0.498 e. The molecule has 2 atom stereocenters. The Labute approximate surface area is 209 Å². The van der Waals surface area contributed by atoms with Crippen LogP contribution in [0.1, 0.15) is 68.7 Å². The Morgan fingerprint density at radius 1 is 1.14 bits per heavy atom. The number of hydrogen-bond donors (Lipinski definition) is 2. The van der Waals surface area contributed by atoms with Gasteiger partial charge in [-0.05, 0) is 60.8 Å². The van der Waals surface area contributed by atoms with Crippen molar-refractivity contribution in [3.05, 3.63) is 12.4 Å². The van der Waals surface area contributed by atoms with Gasteiger partial charge in [0, 0.05) is 37.0 Å². The normalized spacial score (nSPS) is 22.3. The molecule has 0 spiro atoms. The largest absolute Gasteiger partial charge is 0.498 e. The van der Waals surface area contributed by atoms with Gasteiger partial charge in [0.1, 0.15) is 11.6 Å². The zero-order chi connectivity index (χ0) is 26.2. The number of rotatable bonds is 6. The number of aromatic nitrogens is 2. The minimum atomic E-state index is -0.654. The standard InChI is InChI=1S/C24H40BN5O5/c1-15(2)18(29-21(32)33-22(3,4)5)19(31)30-11-10-17(14-30)28-20-26-12-16(13-27-20)25-34-23(6,7)24(8,9)35-25/h12-13,15,17-18H,10-11,14H2,1-9H3,(H,29,32)(H,26,27,28)/t17-,18?/m0/s1. The average molecular weight is 489 g/mol. The third kappa shape index (κ3) is 6.64. The Hall–Kier alpha value is -2.40. The highest BCUT2D eigenvalue weighted by molar-refractivity contribution is 6.61. The summed E-state index contributed by atoms with van der Waals surface area (Å²) in [5.74, 6) is 0.289. The van der Waals surface area contributed by atoms with E-state index in [1.54, 1.807) is 38.1 Å². The Kier molecular flexibility index (Phi) is 7.71. The number of nitrogens with zero attached hydrogens (tertiary/aromatic N) is 3. The van der Waals surface area contributed by atoms with E-state index >= 15 is 0 Å². The van der Waals surface area contributed by atoms with Crippen molar-refractivity contribution in [1.29, 1.82) is 0 Å². The fourth-order valence-electron chi connectivity index (χ4n) is 3.92. The number of nitrogens with one attached hydrogen (secondary N) is 2. The fraction of sp³-hybridized carbons (Fsp3) is 0.750. The molecule has 0 bridgehead atoms. The maximum absolute atomic E-state index is 13.2. The average Bonchev–Trinajstić information content (AvgIpc) is 3.26. The van der Waals surface area contributed by atoms with Crippen molar-refractivity contribution >= 4 is 30.5 Å². The zero-order valence-electron chi connectivity index (χ0n) is 22.5. The first-order chi connectivity index (χ1) is 16.1. The van der Waals surface area contributed by atoms with E-state index in [2.05, 4.69) is 20.6 Å². The fourth-order valence-corrected chi connectivity index (χ4v) is 3.92. The van der Waals surface area contributed by atoms with Gasteiger partial charge in [-0.25, -0.2) is 14.8 Å². The van der Waals surface area contributed by atoms with Gasteiger partial charge in [0.15, 0.2) is 0 Å². The summed E-state index contributed by atoms with van der Waals surface area (Å²) in [7, 11) is -0.515. The van der Waals surface area contributed by atoms with Crippen LogP contribution in [0.25, 0.3) is 0 Å². The number of anilines is 1. The van der Waals surface area contributed by atoms with Crippen LogP contribution in [0.5, 0.6) is 0 Å². The highest BCUT2D eigenvalue weighted by Gasteiger charge is 2.52. The van der Waals surface area contributed by atoms with E-state index in [0.29, 0.717) is 19.0 Å². The Morgan fingerprint density at radius 2 is 1.71 bits per heavy atom. The molecule has 10 nitrogen and oxygen atoms in total. The highest BCUT2D eigenvalue weighted by atomic mass is 16.7. The van der Waals surface area contributed by atoms with E-state index < -0.39 is 36.1 Å². The molecule has 2 amide bonds. The third-order valence-electron chi connectivity index (χ3n) is 6.64. The molecule has 2 N–H and O–H groups in total. The lowest BCUT2D eigenvalue weighted by Gasteiger charge is -2.32. The molecular weight excluding hydrogens is 449 g/mol. The third-order valence-corrected chi connectivity index (χ3v) is 6.64. The minimum absolute atomic E-state index is 0.0102. The highest BCUT2D eigenvalue weighted by Crippen LogP contribution is 2.36. The van der Waals surface area contributed by atoms with E-state index in [-0.39, 0.29) is 17.9 Å². The molecule has 35 heavy (non-hydrogen) atoms. The van der Waals surface area contributed by atoms with Crippen LogP contribution in [0.4, 0.5) is 10.7 Å². The molecule has 2 fully saturated rings. The lowest BCUT2D eigenvalue weighted by Crippen LogP contribution is -2.52. The molecular formula is C24H40BN5O5. The van der Waals surface area contributed by atoms with Crippen molar-refractivity contribution in [2.45, 2.75) is 97.6 Å². The van der Waals surface area contributed by atoms with Gasteiger partial charge in [0.05, 0.1) is 11.2 Å². The van der Waals surface area contributed by atoms with E-state index in [1.165, 1.54) is 0 Å². The molecule has 2 saturated heterocycles. The first-order valence-electron chi connectivity index (χ1n) is 12.3. The molecule has 3 rings (SSSR count). The van der Waals surface area contributed by atoms with Crippen LogP contribution in [-0.2, 0) is 18.8 Å². The SMILES string of the molecule is CC(C)C(NC(=O)OC(C)(C)C)C(=O)N1CC[C@H](Nc2ncc(B3OC(C)(C)C(C)(C)O3)cn2)C1. The summed E-state index contributed by atoms with van der Waals surface area (Å²) in [5.41, 5.74) is -0.735. The summed E-state index contributed by atoms with van der Waals surface area (Å²) in [6.07, 6.45) is 3.57. The van der Waals surface area contributed by atoms with E-state index in [1.807, 2.05) is 41.5 Å². The topological polar surface area (TPSA) is 115 Å². The van der Waals surface area contributed by atoms with Gasteiger partial charge in [0.2, 0.25) is 11.9 Å². The van der Waals surface area contributed by atoms with Crippen LogP contribution in [-0.4, -0.2) is 76.0 Å². The molecule has 2 aliphatic heterocycles. The molecule has 0 aromatic carbocycles. The van der Waals surface area contributed by atoms with Crippen LogP contribution in [0.15, 0.2) is 12.4 Å².